The monoisotopic (exact) mass is 287 g/mol. The van der Waals surface area contributed by atoms with Crippen molar-refractivity contribution in [1.82, 2.24) is 9.38 Å². The van der Waals surface area contributed by atoms with E-state index in [9.17, 15) is 9.59 Å². The highest BCUT2D eigenvalue weighted by Gasteiger charge is 2.26. The molecule has 1 aliphatic rings. The van der Waals surface area contributed by atoms with E-state index in [1.54, 1.807) is 18.3 Å². The SMILES string of the molecule is O=C(O)C1CCC(Nc2cc(=O)n3ccccc3n2)CC1. The van der Waals surface area contributed by atoms with Gasteiger partial charge in [0, 0.05) is 18.3 Å². The first kappa shape index (κ1) is 13.6. The Morgan fingerprint density at radius 3 is 2.76 bits per heavy atom. The smallest absolute Gasteiger partial charge is 0.306 e. The number of nitrogens with one attached hydrogen (secondary N) is 1. The van der Waals surface area contributed by atoms with E-state index in [4.69, 9.17) is 5.11 Å². The molecule has 0 unspecified atom stereocenters. The molecule has 1 saturated carbocycles. The lowest BCUT2D eigenvalue weighted by Crippen LogP contribution is -2.30. The molecule has 2 N–H and O–H groups in total. The Bertz CT molecular complexity index is 717. The maximum absolute atomic E-state index is 12.0. The van der Waals surface area contributed by atoms with Crippen molar-refractivity contribution in [2.24, 2.45) is 5.92 Å². The summed E-state index contributed by atoms with van der Waals surface area (Å²) in [4.78, 5) is 27.3. The summed E-state index contributed by atoms with van der Waals surface area (Å²) in [7, 11) is 0. The van der Waals surface area contributed by atoms with E-state index in [2.05, 4.69) is 10.3 Å². The first-order valence-corrected chi connectivity index (χ1v) is 7.11. The standard InChI is InChI=1S/C15H17N3O3/c19-14-9-12(17-13-3-1-2-8-18(13)14)16-11-6-4-10(5-7-11)15(20)21/h1-3,8-11,16H,4-7H2,(H,20,21). The molecule has 0 aromatic carbocycles. The van der Waals surface area contributed by atoms with Gasteiger partial charge in [0.15, 0.2) is 0 Å². The first-order valence-electron chi connectivity index (χ1n) is 7.11. The van der Waals surface area contributed by atoms with Crippen molar-refractivity contribution in [2.75, 3.05) is 5.32 Å². The van der Waals surface area contributed by atoms with Gasteiger partial charge in [0.1, 0.15) is 11.5 Å². The molecule has 2 heterocycles. The number of pyridine rings is 1. The van der Waals surface area contributed by atoms with Crippen LogP contribution in [0.25, 0.3) is 5.65 Å². The average molecular weight is 287 g/mol. The van der Waals surface area contributed by atoms with Crippen molar-refractivity contribution in [3.8, 4) is 0 Å². The molecule has 110 valence electrons. The number of aliphatic carboxylic acids is 1. The third-order valence-electron chi connectivity index (χ3n) is 4.00. The van der Waals surface area contributed by atoms with Crippen molar-refractivity contribution >= 4 is 17.4 Å². The zero-order chi connectivity index (χ0) is 14.8. The van der Waals surface area contributed by atoms with Gasteiger partial charge >= 0.3 is 5.97 Å². The van der Waals surface area contributed by atoms with Crippen LogP contribution in [0.2, 0.25) is 0 Å². The molecule has 0 aliphatic heterocycles. The van der Waals surface area contributed by atoms with Crippen LogP contribution in [-0.2, 0) is 4.79 Å². The Labute approximate surface area is 121 Å². The second-order valence-electron chi connectivity index (χ2n) is 5.44. The Hall–Kier alpha value is -2.37. The van der Waals surface area contributed by atoms with Crippen molar-refractivity contribution in [2.45, 2.75) is 31.7 Å². The Morgan fingerprint density at radius 2 is 2.05 bits per heavy atom. The lowest BCUT2D eigenvalue weighted by molar-refractivity contribution is -0.142. The molecule has 6 nitrogen and oxygen atoms in total. The van der Waals surface area contributed by atoms with Crippen LogP contribution in [0.4, 0.5) is 5.82 Å². The van der Waals surface area contributed by atoms with Crippen molar-refractivity contribution in [3.63, 3.8) is 0 Å². The van der Waals surface area contributed by atoms with E-state index in [1.807, 2.05) is 6.07 Å². The first-order chi connectivity index (χ1) is 10.1. The van der Waals surface area contributed by atoms with Crippen LogP contribution >= 0.6 is 0 Å². The van der Waals surface area contributed by atoms with Gasteiger partial charge in [0.25, 0.3) is 5.56 Å². The molecule has 1 aliphatic carbocycles. The summed E-state index contributed by atoms with van der Waals surface area (Å²) >= 11 is 0. The summed E-state index contributed by atoms with van der Waals surface area (Å²) < 4.78 is 1.49. The fourth-order valence-electron chi connectivity index (χ4n) is 2.82. The summed E-state index contributed by atoms with van der Waals surface area (Å²) in [6.45, 7) is 0. The summed E-state index contributed by atoms with van der Waals surface area (Å²) in [6, 6.07) is 7.07. The molecular weight excluding hydrogens is 270 g/mol. The maximum atomic E-state index is 12.0. The van der Waals surface area contributed by atoms with Crippen LogP contribution in [0.5, 0.6) is 0 Å². The van der Waals surface area contributed by atoms with Gasteiger partial charge in [0.2, 0.25) is 0 Å². The molecule has 2 aromatic rings. The van der Waals surface area contributed by atoms with Crippen LogP contribution < -0.4 is 10.9 Å². The third-order valence-corrected chi connectivity index (χ3v) is 4.00. The third kappa shape index (κ3) is 2.89. The van der Waals surface area contributed by atoms with Gasteiger partial charge < -0.3 is 10.4 Å². The highest BCUT2D eigenvalue weighted by Crippen LogP contribution is 2.26. The van der Waals surface area contributed by atoms with Gasteiger partial charge in [-0.25, -0.2) is 4.98 Å². The molecular formula is C15H17N3O3. The van der Waals surface area contributed by atoms with E-state index >= 15 is 0 Å². The number of nitrogens with zero attached hydrogens (tertiary/aromatic N) is 2. The molecule has 2 aromatic heterocycles. The molecule has 0 spiro atoms. The summed E-state index contributed by atoms with van der Waals surface area (Å²) in [5.41, 5.74) is 0.481. The number of fused-ring (bicyclic) bond motifs is 1. The van der Waals surface area contributed by atoms with Gasteiger partial charge in [-0.1, -0.05) is 6.07 Å². The lowest BCUT2D eigenvalue weighted by atomic mass is 9.86. The van der Waals surface area contributed by atoms with E-state index in [0.717, 1.165) is 12.8 Å². The predicted molar refractivity (Wildman–Crippen MR) is 78.5 cm³/mol. The number of hydrogen-bond acceptors (Lipinski definition) is 4. The fourth-order valence-corrected chi connectivity index (χ4v) is 2.82. The number of hydrogen-bond donors (Lipinski definition) is 2. The summed E-state index contributed by atoms with van der Waals surface area (Å²) in [6.07, 6.45) is 4.59. The highest BCUT2D eigenvalue weighted by atomic mass is 16.4. The van der Waals surface area contributed by atoms with Crippen LogP contribution in [0.1, 0.15) is 25.7 Å². The van der Waals surface area contributed by atoms with Gasteiger partial charge in [-0.05, 0) is 37.8 Å². The molecule has 1 fully saturated rings. The molecule has 0 amide bonds. The van der Waals surface area contributed by atoms with Gasteiger partial charge in [-0.15, -0.1) is 0 Å². The van der Waals surface area contributed by atoms with E-state index in [-0.39, 0.29) is 17.5 Å². The summed E-state index contributed by atoms with van der Waals surface area (Å²) in [5, 5.41) is 12.2. The molecule has 0 atom stereocenters. The van der Waals surface area contributed by atoms with Crippen LogP contribution in [0, 0.1) is 5.92 Å². The minimum atomic E-state index is -0.712. The quantitative estimate of drug-likeness (QED) is 0.898. The zero-order valence-corrected chi connectivity index (χ0v) is 11.5. The Morgan fingerprint density at radius 1 is 1.29 bits per heavy atom. The van der Waals surface area contributed by atoms with E-state index in [0.29, 0.717) is 24.3 Å². The minimum absolute atomic E-state index is 0.123. The van der Waals surface area contributed by atoms with Crippen molar-refractivity contribution < 1.29 is 9.90 Å². The maximum Gasteiger partial charge on any atom is 0.306 e. The van der Waals surface area contributed by atoms with Crippen LogP contribution in [0.15, 0.2) is 35.3 Å². The molecule has 0 radical (unpaired) electrons. The number of anilines is 1. The van der Waals surface area contributed by atoms with E-state index < -0.39 is 5.97 Å². The number of aromatic nitrogens is 2. The molecule has 21 heavy (non-hydrogen) atoms. The van der Waals surface area contributed by atoms with Crippen molar-refractivity contribution in [1.29, 1.82) is 0 Å². The van der Waals surface area contributed by atoms with Gasteiger partial charge in [-0.2, -0.15) is 0 Å². The Balaban J connectivity index is 1.74. The molecule has 6 heteroatoms. The number of carboxylic acids is 1. The highest BCUT2D eigenvalue weighted by molar-refractivity contribution is 5.70. The largest absolute Gasteiger partial charge is 0.481 e. The number of rotatable bonds is 3. The number of carbonyl (C=O) groups is 1. The topological polar surface area (TPSA) is 83.7 Å². The predicted octanol–water partition coefficient (Wildman–Crippen LogP) is 1.75. The second-order valence-corrected chi connectivity index (χ2v) is 5.44. The van der Waals surface area contributed by atoms with Gasteiger partial charge in [0.05, 0.1) is 5.92 Å². The lowest BCUT2D eigenvalue weighted by Gasteiger charge is -2.27. The second kappa shape index (κ2) is 5.55. The van der Waals surface area contributed by atoms with Gasteiger partial charge in [-0.3, -0.25) is 14.0 Å². The molecule has 3 rings (SSSR count). The van der Waals surface area contributed by atoms with Crippen LogP contribution in [-0.4, -0.2) is 26.5 Å². The average Bonchev–Trinajstić information content (AvgIpc) is 2.48. The zero-order valence-electron chi connectivity index (χ0n) is 11.5. The normalized spacial score (nSPS) is 22.1. The summed E-state index contributed by atoms with van der Waals surface area (Å²) in [5.74, 6) is -0.390. The molecule has 0 bridgehead atoms. The molecule has 0 saturated heterocycles. The minimum Gasteiger partial charge on any atom is -0.481 e. The van der Waals surface area contributed by atoms with E-state index in [1.165, 1.54) is 10.5 Å². The van der Waals surface area contributed by atoms with Crippen molar-refractivity contribution in [3.05, 3.63) is 40.8 Å². The Kier molecular flexibility index (Phi) is 3.60. The fraction of sp³-hybridized carbons (Fsp3) is 0.400. The number of carboxylic acid groups (broad SMARTS) is 1. The van der Waals surface area contributed by atoms with Crippen LogP contribution in [0.3, 0.4) is 0 Å².